The molecule has 5 rings (SSSR count). The van der Waals surface area contributed by atoms with Crippen molar-refractivity contribution in [2.45, 2.75) is 68.0 Å². The second kappa shape index (κ2) is 11.1. The van der Waals surface area contributed by atoms with Gasteiger partial charge in [0.25, 0.3) is 0 Å². The van der Waals surface area contributed by atoms with Gasteiger partial charge in [-0.3, -0.25) is 4.79 Å². The summed E-state index contributed by atoms with van der Waals surface area (Å²) in [4.78, 5) is 16.4. The summed E-state index contributed by atoms with van der Waals surface area (Å²) in [6.07, 6.45) is 4.12. The van der Waals surface area contributed by atoms with Crippen molar-refractivity contribution < 1.29 is 22.7 Å². The number of fused-ring (bicyclic) bond motifs is 1. The van der Waals surface area contributed by atoms with Gasteiger partial charge in [-0.25, -0.2) is 13.4 Å². The zero-order valence-corrected chi connectivity index (χ0v) is 22.9. The van der Waals surface area contributed by atoms with Crippen LogP contribution in [0.4, 0.5) is 0 Å². The van der Waals surface area contributed by atoms with Gasteiger partial charge in [0.1, 0.15) is 5.75 Å². The number of hydrogen-bond acceptors (Lipinski definition) is 7. The number of nitrogens with zero attached hydrogens (tertiary/aromatic N) is 3. The minimum atomic E-state index is -3.56. The number of carbonyl (C=O) groups is 1. The monoisotopic (exact) mass is 543 g/mol. The number of piperidine rings is 1. The Hall–Kier alpha value is -2.40. The third kappa shape index (κ3) is 6.03. The molecule has 2 aliphatic rings. The van der Waals surface area contributed by atoms with Crippen LogP contribution in [0, 0.1) is 5.92 Å². The van der Waals surface area contributed by atoms with Crippen LogP contribution in [-0.4, -0.2) is 54.0 Å². The van der Waals surface area contributed by atoms with E-state index in [0.29, 0.717) is 47.5 Å². The van der Waals surface area contributed by atoms with Crippen molar-refractivity contribution in [1.29, 1.82) is 0 Å². The van der Waals surface area contributed by atoms with E-state index in [1.165, 1.54) is 6.92 Å². The van der Waals surface area contributed by atoms with Gasteiger partial charge in [-0.15, -0.1) is 0 Å². The molecule has 0 spiro atoms. The second-order valence-corrected chi connectivity index (χ2v) is 12.8. The molecular weight excluding hydrogens is 510 g/mol. The standard InChI is InChI=1S/C27H33N3O5S2/c1-19-5-3-13-29(16-19)37(32,33)24-11-12-26-25(15-24)28-27(30(26)17-23-6-4-14-34-23)36-18-21-7-9-22(10-8-21)35-20(2)31/h7-12,15,19,23H,3-6,13-14,16-18H2,1-2H3. The molecule has 2 aromatic carbocycles. The van der Waals surface area contributed by atoms with Crippen molar-refractivity contribution in [3.8, 4) is 5.75 Å². The average molecular weight is 544 g/mol. The molecular formula is C27H33N3O5S2. The van der Waals surface area contributed by atoms with Crippen LogP contribution in [0.1, 0.15) is 45.1 Å². The van der Waals surface area contributed by atoms with Gasteiger partial charge in [-0.05, 0) is 67.5 Å². The molecule has 0 bridgehead atoms. The predicted octanol–water partition coefficient (Wildman–Crippen LogP) is 4.85. The maximum Gasteiger partial charge on any atom is 0.308 e. The molecule has 0 N–H and O–H groups in total. The van der Waals surface area contributed by atoms with Crippen LogP contribution in [0.2, 0.25) is 0 Å². The number of hydrogen-bond donors (Lipinski definition) is 0. The third-order valence-corrected chi connectivity index (χ3v) is 9.81. The van der Waals surface area contributed by atoms with E-state index in [4.69, 9.17) is 14.5 Å². The molecule has 2 aliphatic heterocycles. The summed E-state index contributed by atoms with van der Waals surface area (Å²) in [6.45, 7) is 6.06. The lowest BCUT2D eigenvalue weighted by molar-refractivity contribution is -0.131. The number of ether oxygens (including phenoxy) is 2. The highest BCUT2D eigenvalue weighted by atomic mass is 32.2. The maximum absolute atomic E-state index is 13.4. The van der Waals surface area contributed by atoms with E-state index in [0.717, 1.165) is 48.5 Å². The van der Waals surface area contributed by atoms with Gasteiger partial charge in [0.15, 0.2) is 5.16 Å². The van der Waals surface area contributed by atoms with E-state index in [2.05, 4.69) is 11.5 Å². The summed E-state index contributed by atoms with van der Waals surface area (Å²) < 4.78 is 41.6. The lowest BCUT2D eigenvalue weighted by atomic mass is 10.0. The first-order valence-corrected chi connectivity index (χ1v) is 15.2. The number of sulfonamides is 1. The number of carbonyl (C=O) groups excluding carboxylic acids is 1. The Morgan fingerprint density at radius 2 is 1.97 bits per heavy atom. The van der Waals surface area contributed by atoms with E-state index < -0.39 is 10.0 Å². The number of imidazole rings is 1. The fourth-order valence-electron chi connectivity index (χ4n) is 5.01. The largest absolute Gasteiger partial charge is 0.427 e. The second-order valence-electron chi connectivity index (χ2n) is 9.93. The van der Waals surface area contributed by atoms with Crippen LogP contribution in [0.25, 0.3) is 11.0 Å². The van der Waals surface area contributed by atoms with E-state index in [9.17, 15) is 13.2 Å². The summed E-state index contributed by atoms with van der Waals surface area (Å²) in [5.41, 5.74) is 2.66. The molecule has 3 heterocycles. The van der Waals surface area contributed by atoms with Crippen molar-refractivity contribution in [1.82, 2.24) is 13.9 Å². The van der Waals surface area contributed by atoms with Gasteiger partial charge in [-0.1, -0.05) is 30.8 Å². The number of esters is 1. The minimum Gasteiger partial charge on any atom is -0.427 e. The zero-order valence-electron chi connectivity index (χ0n) is 21.3. The normalized spacial score (nSPS) is 20.9. The molecule has 10 heteroatoms. The zero-order chi connectivity index (χ0) is 26.0. The highest BCUT2D eigenvalue weighted by Crippen LogP contribution is 2.32. The molecule has 198 valence electrons. The molecule has 37 heavy (non-hydrogen) atoms. The first-order chi connectivity index (χ1) is 17.8. The van der Waals surface area contributed by atoms with Crippen LogP contribution in [0.3, 0.4) is 0 Å². The predicted molar refractivity (Wildman–Crippen MR) is 143 cm³/mol. The summed E-state index contributed by atoms with van der Waals surface area (Å²) >= 11 is 1.60. The van der Waals surface area contributed by atoms with Gasteiger partial charge in [-0.2, -0.15) is 4.31 Å². The van der Waals surface area contributed by atoms with Crippen LogP contribution in [-0.2, 0) is 31.9 Å². The highest BCUT2D eigenvalue weighted by molar-refractivity contribution is 7.98. The summed E-state index contributed by atoms with van der Waals surface area (Å²) in [7, 11) is -3.56. The number of aromatic nitrogens is 2. The lowest BCUT2D eigenvalue weighted by Crippen LogP contribution is -2.39. The molecule has 2 fully saturated rings. The van der Waals surface area contributed by atoms with Crippen LogP contribution < -0.4 is 4.74 Å². The van der Waals surface area contributed by atoms with E-state index in [1.807, 2.05) is 18.2 Å². The van der Waals surface area contributed by atoms with Gasteiger partial charge in [0.2, 0.25) is 10.0 Å². The number of benzene rings is 2. The Kier molecular flexibility index (Phi) is 7.90. The SMILES string of the molecule is CC(=O)Oc1ccc(CSc2nc3cc(S(=O)(=O)N4CCCC(C)C4)ccc3n2CC2CCCO2)cc1. The topological polar surface area (TPSA) is 90.7 Å². The number of rotatable bonds is 8. The Bertz CT molecular complexity index is 1360. The lowest BCUT2D eigenvalue weighted by Gasteiger charge is -2.30. The summed E-state index contributed by atoms with van der Waals surface area (Å²) in [6, 6.07) is 12.7. The smallest absolute Gasteiger partial charge is 0.308 e. The van der Waals surface area contributed by atoms with Crippen molar-refractivity contribution in [2.24, 2.45) is 5.92 Å². The van der Waals surface area contributed by atoms with Gasteiger partial charge in [0, 0.05) is 32.4 Å². The van der Waals surface area contributed by atoms with E-state index in [1.54, 1.807) is 40.3 Å². The van der Waals surface area contributed by atoms with Crippen molar-refractivity contribution >= 4 is 38.8 Å². The van der Waals surface area contributed by atoms with Crippen molar-refractivity contribution in [3.05, 3.63) is 48.0 Å². The molecule has 2 saturated heterocycles. The van der Waals surface area contributed by atoms with Crippen LogP contribution in [0.15, 0.2) is 52.5 Å². The van der Waals surface area contributed by atoms with Crippen LogP contribution >= 0.6 is 11.8 Å². The highest BCUT2D eigenvalue weighted by Gasteiger charge is 2.29. The minimum absolute atomic E-state index is 0.123. The fourth-order valence-corrected chi connectivity index (χ4v) is 7.61. The summed E-state index contributed by atoms with van der Waals surface area (Å²) in [5, 5.41) is 0.829. The Morgan fingerprint density at radius 3 is 2.68 bits per heavy atom. The maximum atomic E-state index is 13.4. The number of thioether (sulfide) groups is 1. The van der Waals surface area contributed by atoms with Gasteiger partial charge < -0.3 is 14.0 Å². The van der Waals surface area contributed by atoms with Gasteiger partial charge >= 0.3 is 5.97 Å². The Balaban J connectivity index is 1.42. The first-order valence-electron chi connectivity index (χ1n) is 12.8. The quantitative estimate of drug-likeness (QED) is 0.228. The molecule has 2 atom stereocenters. The third-order valence-electron chi connectivity index (χ3n) is 6.91. The molecule has 3 aromatic rings. The Labute approximate surface area is 222 Å². The first kappa shape index (κ1) is 26.2. The Morgan fingerprint density at radius 1 is 1.16 bits per heavy atom. The molecule has 0 aliphatic carbocycles. The summed E-state index contributed by atoms with van der Waals surface area (Å²) in [5.74, 6) is 1.21. The average Bonchev–Trinajstić information content (AvgIpc) is 3.51. The van der Waals surface area contributed by atoms with Crippen LogP contribution in [0.5, 0.6) is 5.75 Å². The molecule has 0 radical (unpaired) electrons. The molecule has 1 aromatic heterocycles. The molecule has 0 saturated carbocycles. The molecule has 8 nitrogen and oxygen atoms in total. The molecule has 0 amide bonds. The fraction of sp³-hybridized carbons (Fsp3) is 0.481. The van der Waals surface area contributed by atoms with E-state index in [-0.39, 0.29) is 12.1 Å². The van der Waals surface area contributed by atoms with Crippen molar-refractivity contribution in [2.75, 3.05) is 19.7 Å². The van der Waals surface area contributed by atoms with Gasteiger partial charge in [0.05, 0.1) is 28.6 Å². The van der Waals surface area contributed by atoms with Crippen molar-refractivity contribution in [3.63, 3.8) is 0 Å². The molecule has 2 unspecified atom stereocenters. The van der Waals surface area contributed by atoms with E-state index >= 15 is 0 Å².